The molecule has 0 aliphatic rings. The van der Waals surface area contributed by atoms with Crippen LogP contribution in [-0.2, 0) is 11.2 Å². The second-order valence-corrected chi connectivity index (χ2v) is 6.32. The van der Waals surface area contributed by atoms with Crippen LogP contribution in [0.1, 0.15) is 11.3 Å². The van der Waals surface area contributed by atoms with Crippen molar-refractivity contribution in [3.63, 3.8) is 0 Å². The second-order valence-electron chi connectivity index (χ2n) is 5.03. The number of halogens is 2. The van der Waals surface area contributed by atoms with Gasteiger partial charge in [0, 0.05) is 22.6 Å². The zero-order valence-electron chi connectivity index (χ0n) is 11.8. The Kier molecular flexibility index (Phi) is 4.18. The van der Waals surface area contributed by atoms with Crippen molar-refractivity contribution in [3.05, 3.63) is 63.5 Å². The lowest BCUT2D eigenvalue weighted by Gasteiger charge is -2.06. The standard InChI is InChI=1S/C16H13BrClN3O/c1-10-6-12(3-4-14(10)17)20-16(22)7-13-9-21-8-11(18)2-5-15(21)19-13/h2-6,8-9H,7H2,1H3,(H,20,22). The number of aromatic nitrogens is 2. The van der Waals surface area contributed by atoms with Gasteiger partial charge in [-0.25, -0.2) is 4.98 Å². The molecule has 0 fully saturated rings. The fraction of sp³-hybridized carbons (Fsp3) is 0.125. The Labute approximate surface area is 141 Å². The first kappa shape index (κ1) is 15.1. The van der Waals surface area contributed by atoms with Crippen molar-refractivity contribution in [3.8, 4) is 0 Å². The number of imidazole rings is 1. The van der Waals surface area contributed by atoms with Gasteiger partial charge in [-0.15, -0.1) is 0 Å². The molecule has 0 atom stereocenters. The number of nitrogens with zero attached hydrogens (tertiary/aromatic N) is 2. The highest BCUT2D eigenvalue weighted by Gasteiger charge is 2.09. The van der Waals surface area contributed by atoms with Gasteiger partial charge in [-0.05, 0) is 42.8 Å². The molecule has 1 amide bonds. The maximum atomic E-state index is 12.1. The quantitative estimate of drug-likeness (QED) is 0.741. The second kappa shape index (κ2) is 6.10. The van der Waals surface area contributed by atoms with Gasteiger partial charge in [-0.1, -0.05) is 27.5 Å². The van der Waals surface area contributed by atoms with Gasteiger partial charge < -0.3 is 9.72 Å². The van der Waals surface area contributed by atoms with E-state index in [9.17, 15) is 4.79 Å². The first-order valence-corrected chi connectivity index (χ1v) is 7.87. The largest absolute Gasteiger partial charge is 0.326 e. The molecular formula is C16H13BrClN3O. The normalized spacial score (nSPS) is 10.9. The fourth-order valence-electron chi connectivity index (χ4n) is 2.19. The number of hydrogen-bond donors (Lipinski definition) is 1. The molecule has 3 rings (SSSR count). The van der Waals surface area contributed by atoms with Gasteiger partial charge in [-0.2, -0.15) is 0 Å². The molecule has 6 heteroatoms. The van der Waals surface area contributed by atoms with Crippen LogP contribution >= 0.6 is 27.5 Å². The van der Waals surface area contributed by atoms with Crippen LogP contribution in [-0.4, -0.2) is 15.3 Å². The van der Waals surface area contributed by atoms with Gasteiger partial charge >= 0.3 is 0 Å². The summed E-state index contributed by atoms with van der Waals surface area (Å²) in [5, 5.41) is 3.51. The minimum Gasteiger partial charge on any atom is -0.326 e. The summed E-state index contributed by atoms with van der Waals surface area (Å²) in [7, 11) is 0. The number of hydrogen-bond acceptors (Lipinski definition) is 2. The van der Waals surface area contributed by atoms with Gasteiger partial charge in [0.2, 0.25) is 5.91 Å². The van der Waals surface area contributed by atoms with E-state index in [1.165, 1.54) is 0 Å². The maximum Gasteiger partial charge on any atom is 0.230 e. The molecule has 0 saturated heterocycles. The first-order valence-electron chi connectivity index (χ1n) is 6.70. The lowest BCUT2D eigenvalue weighted by Crippen LogP contribution is -2.14. The Morgan fingerprint density at radius 1 is 1.32 bits per heavy atom. The highest BCUT2D eigenvalue weighted by molar-refractivity contribution is 9.10. The van der Waals surface area contributed by atoms with E-state index in [0.717, 1.165) is 21.4 Å². The molecular weight excluding hydrogens is 366 g/mol. The van der Waals surface area contributed by atoms with Crippen LogP contribution in [0.5, 0.6) is 0 Å². The molecule has 2 aromatic heterocycles. The summed E-state index contributed by atoms with van der Waals surface area (Å²) in [4.78, 5) is 16.5. The van der Waals surface area contributed by atoms with Crippen molar-refractivity contribution < 1.29 is 4.79 Å². The van der Waals surface area contributed by atoms with Gasteiger partial charge in [0.15, 0.2) is 0 Å². The van der Waals surface area contributed by atoms with Crippen LogP contribution < -0.4 is 5.32 Å². The van der Waals surface area contributed by atoms with Crippen molar-refractivity contribution in [1.29, 1.82) is 0 Å². The third kappa shape index (κ3) is 3.31. The lowest BCUT2D eigenvalue weighted by molar-refractivity contribution is -0.115. The Morgan fingerprint density at radius 3 is 2.91 bits per heavy atom. The molecule has 22 heavy (non-hydrogen) atoms. The molecule has 1 aromatic carbocycles. The summed E-state index contributed by atoms with van der Waals surface area (Å²) < 4.78 is 2.83. The Morgan fingerprint density at radius 2 is 2.14 bits per heavy atom. The lowest BCUT2D eigenvalue weighted by atomic mass is 10.2. The van der Waals surface area contributed by atoms with E-state index in [1.807, 2.05) is 41.8 Å². The van der Waals surface area contributed by atoms with Gasteiger partial charge in [0.05, 0.1) is 17.1 Å². The first-order chi connectivity index (χ1) is 10.5. The van der Waals surface area contributed by atoms with Crippen molar-refractivity contribution in [2.75, 3.05) is 5.32 Å². The predicted octanol–water partition coefficient (Wildman–Crippen LogP) is 4.24. The van der Waals surface area contributed by atoms with E-state index in [2.05, 4.69) is 26.2 Å². The van der Waals surface area contributed by atoms with Crippen molar-refractivity contribution in [2.24, 2.45) is 0 Å². The molecule has 0 aliphatic carbocycles. The van der Waals surface area contributed by atoms with Gasteiger partial charge in [0.25, 0.3) is 0 Å². The molecule has 3 aromatic rings. The number of carbonyl (C=O) groups excluding carboxylic acids is 1. The van der Waals surface area contributed by atoms with E-state index in [4.69, 9.17) is 11.6 Å². The van der Waals surface area contributed by atoms with Crippen molar-refractivity contribution in [2.45, 2.75) is 13.3 Å². The van der Waals surface area contributed by atoms with Crippen LogP contribution in [0.4, 0.5) is 5.69 Å². The summed E-state index contributed by atoms with van der Waals surface area (Å²) in [5.74, 6) is -0.101. The highest BCUT2D eigenvalue weighted by Crippen LogP contribution is 2.20. The van der Waals surface area contributed by atoms with E-state index in [1.54, 1.807) is 12.3 Å². The number of aryl methyl sites for hydroxylation is 1. The molecule has 0 spiro atoms. The third-order valence-corrected chi connectivity index (χ3v) is 4.36. The smallest absolute Gasteiger partial charge is 0.230 e. The van der Waals surface area contributed by atoms with Crippen LogP contribution in [0.25, 0.3) is 5.65 Å². The molecule has 0 saturated carbocycles. The number of pyridine rings is 1. The molecule has 4 nitrogen and oxygen atoms in total. The van der Waals surface area contributed by atoms with E-state index in [-0.39, 0.29) is 12.3 Å². The van der Waals surface area contributed by atoms with Gasteiger partial charge in [-0.3, -0.25) is 4.79 Å². The Bertz CT molecular complexity index is 860. The van der Waals surface area contributed by atoms with Crippen LogP contribution in [0.3, 0.4) is 0 Å². The van der Waals surface area contributed by atoms with Crippen LogP contribution in [0.2, 0.25) is 5.02 Å². The molecule has 0 bridgehead atoms. The number of benzene rings is 1. The zero-order chi connectivity index (χ0) is 15.7. The highest BCUT2D eigenvalue weighted by atomic mass is 79.9. The van der Waals surface area contributed by atoms with Crippen LogP contribution in [0.15, 0.2) is 47.2 Å². The minimum absolute atomic E-state index is 0.101. The molecule has 0 unspecified atom stereocenters. The maximum absolute atomic E-state index is 12.1. The summed E-state index contributed by atoms with van der Waals surface area (Å²) in [5.41, 5.74) is 3.32. The molecule has 112 valence electrons. The Hall–Kier alpha value is -1.85. The SMILES string of the molecule is Cc1cc(NC(=O)Cc2cn3cc(Cl)ccc3n2)ccc1Br. The molecule has 0 radical (unpaired) electrons. The number of amides is 1. The topological polar surface area (TPSA) is 46.4 Å². The average Bonchev–Trinajstić information content (AvgIpc) is 2.84. The number of rotatable bonds is 3. The molecule has 2 heterocycles. The molecule has 1 N–H and O–H groups in total. The third-order valence-electron chi connectivity index (χ3n) is 3.25. The molecule has 0 aliphatic heterocycles. The van der Waals surface area contributed by atoms with E-state index >= 15 is 0 Å². The average molecular weight is 379 g/mol. The minimum atomic E-state index is -0.101. The summed E-state index contributed by atoms with van der Waals surface area (Å²) in [6, 6.07) is 9.29. The van der Waals surface area contributed by atoms with Crippen LogP contribution in [0, 0.1) is 6.92 Å². The van der Waals surface area contributed by atoms with E-state index < -0.39 is 0 Å². The van der Waals surface area contributed by atoms with E-state index in [0.29, 0.717) is 10.7 Å². The number of anilines is 1. The van der Waals surface area contributed by atoms with Crippen molar-refractivity contribution >= 4 is 44.8 Å². The Balaban J connectivity index is 1.73. The number of carbonyl (C=O) groups is 1. The van der Waals surface area contributed by atoms with Crippen molar-refractivity contribution in [1.82, 2.24) is 9.38 Å². The van der Waals surface area contributed by atoms with Gasteiger partial charge in [0.1, 0.15) is 5.65 Å². The summed E-state index contributed by atoms with van der Waals surface area (Å²) >= 11 is 9.38. The number of fused-ring (bicyclic) bond motifs is 1. The monoisotopic (exact) mass is 377 g/mol. The zero-order valence-corrected chi connectivity index (χ0v) is 14.1. The summed E-state index contributed by atoms with van der Waals surface area (Å²) in [6.45, 7) is 1.98. The predicted molar refractivity (Wildman–Crippen MR) is 91.4 cm³/mol. The fourth-order valence-corrected chi connectivity index (χ4v) is 2.61. The summed E-state index contributed by atoms with van der Waals surface area (Å²) in [6.07, 6.45) is 3.80. The number of nitrogens with one attached hydrogen (secondary N) is 1.